The maximum absolute atomic E-state index is 14.1. The molecule has 0 aliphatic heterocycles. The number of nitrogens with one attached hydrogen (secondary N) is 2. The van der Waals surface area contributed by atoms with Crippen LogP contribution in [0.15, 0.2) is 60.7 Å². The third-order valence-electron chi connectivity index (χ3n) is 6.95. The van der Waals surface area contributed by atoms with E-state index in [0.29, 0.717) is 33.6 Å². The lowest BCUT2D eigenvalue weighted by Gasteiger charge is -2.24. The number of hydrogen-bond donors (Lipinski definition) is 2. The SMILES string of the molecule is Cc1cc(C)c(Nc2cccc3c2C(=O)c2c(Nc4c(C)cc(C)cc4C)cccc2C3=O)c(C)c1. The van der Waals surface area contributed by atoms with Crippen LogP contribution >= 0.6 is 0 Å². The van der Waals surface area contributed by atoms with E-state index in [0.717, 1.165) is 33.6 Å². The molecule has 0 saturated carbocycles. The van der Waals surface area contributed by atoms with Crippen molar-refractivity contribution in [1.82, 2.24) is 0 Å². The van der Waals surface area contributed by atoms with Crippen molar-refractivity contribution < 1.29 is 9.59 Å². The molecule has 0 bridgehead atoms. The quantitative estimate of drug-likeness (QED) is 0.279. The summed E-state index contributed by atoms with van der Waals surface area (Å²) in [5, 5.41) is 6.96. The third kappa shape index (κ3) is 3.89. The van der Waals surface area contributed by atoms with Crippen molar-refractivity contribution in [2.24, 2.45) is 0 Å². The molecule has 4 aromatic rings. The minimum Gasteiger partial charge on any atom is -0.354 e. The number of rotatable bonds is 4. The van der Waals surface area contributed by atoms with Gasteiger partial charge in [0.25, 0.3) is 0 Å². The average molecular weight is 475 g/mol. The molecule has 0 heterocycles. The van der Waals surface area contributed by atoms with Crippen molar-refractivity contribution in [2.75, 3.05) is 10.6 Å². The van der Waals surface area contributed by atoms with Gasteiger partial charge in [0.1, 0.15) is 0 Å². The van der Waals surface area contributed by atoms with Crippen LogP contribution in [-0.4, -0.2) is 11.6 Å². The molecule has 36 heavy (non-hydrogen) atoms. The van der Waals surface area contributed by atoms with Gasteiger partial charge in [-0.05, 0) is 75.9 Å². The van der Waals surface area contributed by atoms with Crippen molar-refractivity contribution in [1.29, 1.82) is 0 Å². The zero-order valence-electron chi connectivity index (χ0n) is 21.6. The van der Waals surface area contributed by atoms with E-state index in [1.165, 1.54) is 11.1 Å². The third-order valence-corrected chi connectivity index (χ3v) is 6.95. The highest BCUT2D eigenvalue weighted by Gasteiger charge is 2.34. The zero-order chi connectivity index (χ0) is 25.7. The van der Waals surface area contributed by atoms with E-state index in [4.69, 9.17) is 0 Å². The van der Waals surface area contributed by atoms with Gasteiger partial charge in [-0.3, -0.25) is 9.59 Å². The summed E-state index contributed by atoms with van der Waals surface area (Å²) in [4.78, 5) is 27.7. The van der Waals surface area contributed by atoms with Crippen molar-refractivity contribution in [2.45, 2.75) is 41.5 Å². The summed E-state index contributed by atoms with van der Waals surface area (Å²) in [6.45, 7) is 12.3. The molecule has 4 aromatic carbocycles. The Labute approximate surface area is 212 Å². The first-order valence-corrected chi connectivity index (χ1v) is 12.2. The van der Waals surface area contributed by atoms with Crippen LogP contribution in [0.4, 0.5) is 22.7 Å². The normalized spacial score (nSPS) is 12.3. The molecule has 1 aliphatic carbocycles. The van der Waals surface area contributed by atoms with Gasteiger partial charge in [0, 0.05) is 22.5 Å². The maximum atomic E-state index is 14.1. The molecular formula is C32H30N2O2. The molecule has 0 amide bonds. The molecule has 4 nitrogen and oxygen atoms in total. The fourth-order valence-electron chi connectivity index (χ4n) is 5.47. The van der Waals surface area contributed by atoms with E-state index >= 15 is 0 Å². The lowest BCUT2D eigenvalue weighted by Crippen LogP contribution is -2.23. The van der Waals surface area contributed by atoms with Crippen molar-refractivity contribution in [3.63, 3.8) is 0 Å². The van der Waals surface area contributed by atoms with E-state index < -0.39 is 0 Å². The molecule has 1 aliphatic rings. The summed E-state index contributed by atoms with van der Waals surface area (Å²) >= 11 is 0. The first-order valence-electron chi connectivity index (χ1n) is 12.2. The Balaban J connectivity index is 1.63. The molecule has 180 valence electrons. The number of aryl methyl sites for hydroxylation is 6. The summed E-state index contributed by atoms with van der Waals surface area (Å²) < 4.78 is 0. The van der Waals surface area contributed by atoms with Gasteiger partial charge in [-0.2, -0.15) is 0 Å². The Kier molecular flexibility index (Phi) is 5.76. The fraction of sp³-hybridized carbons (Fsp3) is 0.188. The van der Waals surface area contributed by atoms with Gasteiger partial charge in [0.05, 0.1) is 22.5 Å². The van der Waals surface area contributed by atoms with Crippen LogP contribution in [0.25, 0.3) is 0 Å². The second-order valence-electron chi connectivity index (χ2n) is 9.91. The summed E-state index contributed by atoms with van der Waals surface area (Å²) in [7, 11) is 0. The Morgan fingerprint density at radius 3 is 1.22 bits per heavy atom. The van der Waals surface area contributed by atoms with Gasteiger partial charge in [0.2, 0.25) is 0 Å². The molecular weight excluding hydrogens is 444 g/mol. The molecule has 0 radical (unpaired) electrons. The van der Waals surface area contributed by atoms with Crippen molar-refractivity contribution in [3.8, 4) is 0 Å². The second kappa shape index (κ2) is 8.80. The number of anilines is 4. The van der Waals surface area contributed by atoms with Gasteiger partial charge in [-0.1, -0.05) is 59.7 Å². The van der Waals surface area contributed by atoms with Crippen molar-refractivity contribution in [3.05, 3.63) is 116 Å². The smallest absolute Gasteiger partial charge is 0.198 e. The Morgan fingerprint density at radius 2 is 0.861 bits per heavy atom. The van der Waals surface area contributed by atoms with Crippen LogP contribution in [0.1, 0.15) is 65.2 Å². The van der Waals surface area contributed by atoms with Crippen LogP contribution in [0.5, 0.6) is 0 Å². The second-order valence-corrected chi connectivity index (χ2v) is 9.91. The molecule has 2 N–H and O–H groups in total. The monoisotopic (exact) mass is 474 g/mol. The van der Waals surface area contributed by atoms with E-state index in [1.807, 2.05) is 52.0 Å². The average Bonchev–Trinajstić information content (AvgIpc) is 2.81. The fourth-order valence-corrected chi connectivity index (χ4v) is 5.47. The van der Waals surface area contributed by atoms with Gasteiger partial charge in [-0.15, -0.1) is 0 Å². The summed E-state index contributed by atoms with van der Waals surface area (Å²) in [5.74, 6) is -0.294. The van der Waals surface area contributed by atoms with Gasteiger partial charge < -0.3 is 10.6 Å². The Hall–Kier alpha value is -4.18. The predicted molar refractivity (Wildman–Crippen MR) is 148 cm³/mol. The molecule has 0 unspecified atom stereocenters. The number of hydrogen-bond acceptors (Lipinski definition) is 4. The highest BCUT2D eigenvalue weighted by molar-refractivity contribution is 6.32. The largest absolute Gasteiger partial charge is 0.354 e. The number of carbonyl (C=O) groups is 2. The van der Waals surface area contributed by atoms with E-state index in [2.05, 4.69) is 48.7 Å². The van der Waals surface area contributed by atoms with E-state index in [9.17, 15) is 9.59 Å². The maximum Gasteiger partial charge on any atom is 0.198 e. The van der Waals surface area contributed by atoms with Crippen LogP contribution in [0.3, 0.4) is 0 Å². The first kappa shape index (κ1) is 23.6. The molecule has 4 heteroatoms. The molecule has 0 saturated heterocycles. The van der Waals surface area contributed by atoms with E-state index in [1.54, 1.807) is 12.1 Å². The molecule has 0 atom stereocenters. The minimum absolute atomic E-state index is 0.137. The molecule has 0 fully saturated rings. The predicted octanol–water partition coefficient (Wildman–Crippen LogP) is 7.80. The zero-order valence-corrected chi connectivity index (χ0v) is 21.6. The Bertz CT molecular complexity index is 1420. The number of ketones is 2. The van der Waals surface area contributed by atoms with E-state index in [-0.39, 0.29) is 11.6 Å². The molecule has 0 aromatic heterocycles. The Morgan fingerprint density at radius 1 is 0.500 bits per heavy atom. The summed E-state index contributed by atoms with van der Waals surface area (Å²) in [5.41, 5.74) is 11.6. The first-order chi connectivity index (χ1) is 17.2. The van der Waals surface area contributed by atoms with Gasteiger partial charge in [-0.25, -0.2) is 0 Å². The lowest BCUT2D eigenvalue weighted by molar-refractivity contribution is 0.0980. The number of fused-ring (bicyclic) bond motifs is 2. The van der Waals surface area contributed by atoms with Crippen LogP contribution in [0, 0.1) is 41.5 Å². The van der Waals surface area contributed by atoms with Gasteiger partial charge in [0.15, 0.2) is 11.6 Å². The molecule has 0 spiro atoms. The van der Waals surface area contributed by atoms with Crippen LogP contribution < -0.4 is 10.6 Å². The number of benzene rings is 4. The molecule has 5 rings (SSSR count). The minimum atomic E-state index is -0.157. The topological polar surface area (TPSA) is 58.2 Å². The van der Waals surface area contributed by atoms with Crippen molar-refractivity contribution >= 4 is 34.3 Å². The highest BCUT2D eigenvalue weighted by Crippen LogP contribution is 2.39. The van der Waals surface area contributed by atoms with Crippen LogP contribution in [-0.2, 0) is 0 Å². The number of carbonyl (C=O) groups excluding carboxylic acids is 2. The van der Waals surface area contributed by atoms with Crippen LogP contribution in [0.2, 0.25) is 0 Å². The highest BCUT2D eigenvalue weighted by atomic mass is 16.1. The summed E-state index contributed by atoms with van der Waals surface area (Å²) in [6, 6.07) is 19.3. The standard InChI is InChI=1S/C32H30N2O2/c1-17-13-19(3)29(20(4)14-17)33-25-11-7-9-23-27(25)32(36)28-24(31(23)35)10-8-12-26(28)34-30-21(5)15-18(2)16-22(30)6/h7-16,33-34H,1-6H3. The summed E-state index contributed by atoms with van der Waals surface area (Å²) in [6.07, 6.45) is 0. The van der Waals surface area contributed by atoms with Gasteiger partial charge >= 0.3 is 0 Å². The lowest BCUT2D eigenvalue weighted by atomic mass is 9.82.